The standard InChI is InChI=1S/C26H38N4O3S.C2H6.CH4O.2CH3.Y/c1-8-19(12-13-20(9-2)22-17(3)28-16-34-22)15-27-24(32)21-11-10-14-30(21)25(33)23(26(5,6)7)29-18(4)31;2*1-2;;;/h8,12-13,16,21,23H,1,9-11,14-15H2,2-7H3,(H,27,32)(H,29,31);1-2H3;2H,1H3;2*1H3;/q;;;2*-1;/b19-12+,20-13+;;;;;. The molecule has 233 valence electrons. The number of amides is 3. The normalized spacial score (nSPS) is 15.2. The number of nitrogens with one attached hydrogen (secondary N) is 2. The van der Waals surface area contributed by atoms with Gasteiger partial charge in [-0.15, -0.1) is 11.3 Å². The summed E-state index contributed by atoms with van der Waals surface area (Å²) in [6.07, 6.45) is 7.98. The molecule has 3 N–H and O–H groups in total. The number of aliphatic hydroxyl groups excluding tert-OH is 1. The zero-order valence-corrected chi connectivity index (χ0v) is 30.9. The zero-order chi connectivity index (χ0) is 29.5. The van der Waals surface area contributed by atoms with E-state index in [0.717, 1.165) is 31.2 Å². The molecule has 8 nitrogen and oxygen atoms in total. The van der Waals surface area contributed by atoms with Gasteiger partial charge in [-0.25, -0.2) is 4.98 Å². The first-order chi connectivity index (χ1) is 18.0. The van der Waals surface area contributed by atoms with E-state index in [4.69, 9.17) is 5.11 Å². The predicted molar refractivity (Wildman–Crippen MR) is 171 cm³/mol. The molecule has 2 atom stereocenters. The van der Waals surface area contributed by atoms with Gasteiger partial charge in [0.15, 0.2) is 0 Å². The predicted octanol–water partition coefficient (Wildman–Crippen LogP) is 5.55. The molecule has 0 saturated carbocycles. The number of aliphatic hydroxyl groups is 1. The molecule has 2 heterocycles. The van der Waals surface area contributed by atoms with Gasteiger partial charge >= 0.3 is 0 Å². The number of hydrogen-bond donors (Lipinski definition) is 3. The third-order valence-corrected chi connectivity index (χ3v) is 6.95. The van der Waals surface area contributed by atoms with E-state index in [1.54, 1.807) is 22.3 Å². The van der Waals surface area contributed by atoms with Gasteiger partial charge in [-0.3, -0.25) is 14.4 Å². The van der Waals surface area contributed by atoms with Crippen LogP contribution in [0.5, 0.6) is 0 Å². The van der Waals surface area contributed by atoms with Gasteiger partial charge in [-0.1, -0.05) is 66.3 Å². The Labute approximate surface area is 279 Å². The molecular weight excluding hydrogens is 613 g/mol. The fraction of sp³-hybridized carbons (Fsp3) is 0.548. The van der Waals surface area contributed by atoms with Crippen molar-refractivity contribution in [2.24, 2.45) is 5.41 Å². The molecule has 10 heteroatoms. The van der Waals surface area contributed by atoms with Crippen molar-refractivity contribution in [3.8, 4) is 0 Å². The second kappa shape index (κ2) is 23.8. The molecule has 41 heavy (non-hydrogen) atoms. The van der Waals surface area contributed by atoms with Crippen LogP contribution in [0.4, 0.5) is 0 Å². The van der Waals surface area contributed by atoms with Crippen LogP contribution in [-0.2, 0) is 47.1 Å². The average Bonchev–Trinajstić information content (AvgIpc) is 3.55. The molecule has 1 saturated heterocycles. The molecule has 2 rings (SSSR count). The molecule has 1 aliphatic heterocycles. The topological polar surface area (TPSA) is 112 Å². The number of likely N-dealkylation sites (tertiary alicyclic amines) is 1. The number of allylic oxidation sites excluding steroid dienone is 3. The third kappa shape index (κ3) is 14.9. The van der Waals surface area contributed by atoms with Gasteiger partial charge in [-0.2, -0.15) is 0 Å². The van der Waals surface area contributed by atoms with Gasteiger partial charge in [0, 0.05) is 59.8 Å². The van der Waals surface area contributed by atoms with Crippen LogP contribution in [0, 0.1) is 27.2 Å². The smallest absolute Gasteiger partial charge is 0.246 e. The fourth-order valence-electron chi connectivity index (χ4n) is 4.00. The molecule has 1 aromatic rings. The van der Waals surface area contributed by atoms with E-state index in [2.05, 4.69) is 35.2 Å². The Morgan fingerprint density at radius 1 is 1.22 bits per heavy atom. The van der Waals surface area contributed by atoms with Crippen molar-refractivity contribution in [1.82, 2.24) is 20.5 Å². The Kier molecular flexibility index (Phi) is 26.9. The van der Waals surface area contributed by atoms with Gasteiger partial charge in [0.1, 0.15) is 12.1 Å². The molecule has 0 bridgehead atoms. The molecule has 1 aromatic heterocycles. The summed E-state index contributed by atoms with van der Waals surface area (Å²) in [7, 11) is 1.00. The maximum atomic E-state index is 13.3. The second-order valence-corrected chi connectivity index (χ2v) is 10.5. The Morgan fingerprint density at radius 3 is 2.24 bits per heavy atom. The van der Waals surface area contributed by atoms with Crippen molar-refractivity contribution in [2.45, 2.75) is 86.7 Å². The molecule has 3 amide bonds. The van der Waals surface area contributed by atoms with Crippen LogP contribution in [0.25, 0.3) is 5.57 Å². The van der Waals surface area contributed by atoms with Crippen LogP contribution >= 0.6 is 11.3 Å². The quantitative estimate of drug-likeness (QED) is 0.236. The van der Waals surface area contributed by atoms with Crippen LogP contribution in [0.2, 0.25) is 0 Å². The van der Waals surface area contributed by atoms with E-state index >= 15 is 0 Å². The molecule has 1 aliphatic rings. The van der Waals surface area contributed by atoms with Crippen LogP contribution in [-0.4, -0.2) is 65.0 Å². The summed E-state index contributed by atoms with van der Waals surface area (Å²) in [5.74, 6) is -0.662. The summed E-state index contributed by atoms with van der Waals surface area (Å²) in [5.41, 5.74) is 4.45. The van der Waals surface area contributed by atoms with Gasteiger partial charge < -0.3 is 35.5 Å². The van der Waals surface area contributed by atoms with Crippen molar-refractivity contribution in [3.05, 3.63) is 61.3 Å². The Bertz CT molecular complexity index is 983. The number of aromatic nitrogens is 1. The van der Waals surface area contributed by atoms with E-state index in [0.29, 0.717) is 19.5 Å². The number of thiazole rings is 1. The summed E-state index contributed by atoms with van der Waals surface area (Å²) in [4.78, 5) is 45.1. The number of rotatable bonds is 9. The first kappa shape index (κ1) is 46.3. The van der Waals surface area contributed by atoms with Gasteiger partial charge in [0.2, 0.25) is 17.7 Å². The number of carbonyl (C=O) groups excluding carboxylic acids is 3. The SMILES string of the molecule is C=C/C(=C\C=C(/CC)c1scnc1C)CNC(=O)C1CCCN1C(=O)C(NC(C)=O)C(C)(C)C.CC.CO.[CH3-].[CH3-].[Y]. The van der Waals surface area contributed by atoms with Crippen molar-refractivity contribution >= 4 is 34.6 Å². The second-order valence-electron chi connectivity index (χ2n) is 9.67. The van der Waals surface area contributed by atoms with Crippen molar-refractivity contribution < 1.29 is 52.2 Å². The molecule has 0 aromatic carbocycles. The molecule has 0 spiro atoms. The number of nitrogens with zero attached hydrogens (tertiary/aromatic N) is 2. The maximum Gasteiger partial charge on any atom is 0.246 e. The average molecular weight is 668 g/mol. The fourth-order valence-corrected chi connectivity index (χ4v) is 4.90. The zero-order valence-electron chi connectivity index (χ0n) is 27.3. The van der Waals surface area contributed by atoms with Crippen LogP contribution in [0.1, 0.15) is 78.3 Å². The number of aryl methyl sites for hydroxylation is 1. The number of carbonyl (C=O) groups is 3. The van der Waals surface area contributed by atoms with E-state index < -0.39 is 17.5 Å². The summed E-state index contributed by atoms with van der Waals surface area (Å²) < 4.78 is 0. The maximum absolute atomic E-state index is 13.3. The van der Waals surface area contributed by atoms with Crippen LogP contribution < -0.4 is 10.6 Å². The first-order valence-electron chi connectivity index (χ1n) is 13.2. The van der Waals surface area contributed by atoms with Crippen molar-refractivity contribution in [1.29, 1.82) is 0 Å². The summed E-state index contributed by atoms with van der Waals surface area (Å²) in [5, 5.41) is 12.7. The van der Waals surface area contributed by atoms with Gasteiger partial charge in [-0.05, 0) is 42.7 Å². The largest absolute Gasteiger partial charge is 0.400 e. The van der Waals surface area contributed by atoms with Crippen LogP contribution in [0.15, 0.2) is 35.9 Å². The summed E-state index contributed by atoms with van der Waals surface area (Å²) in [6.45, 7) is 19.9. The van der Waals surface area contributed by atoms with E-state index in [1.807, 2.05) is 53.1 Å². The molecule has 2 unspecified atom stereocenters. The molecule has 0 aliphatic carbocycles. The monoisotopic (exact) mass is 667 g/mol. The summed E-state index contributed by atoms with van der Waals surface area (Å²) in [6, 6.07) is -1.23. The van der Waals surface area contributed by atoms with Gasteiger partial charge in [0.05, 0.1) is 16.1 Å². The minimum Gasteiger partial charge on any atom is -0.400 e. The molecule has 1 radical (unpaired) electrons. The van der Waals surface area contributed by atoms with Crippen molar-refractivity contribution in [2.75, 3.05) is 20.2 Å². The van der Waals surface area contributed by atoms with Crippen molar-refractivity contribution in [3.63, 3.8) is 0 Å². The Hall–Kier alpha value is -1.68. The molecule has 1 fully saturated rings. The Morgan fingerprint density at radius 2 is 1.80 bits per heavy atom. The molecular formula is C31H54N4O4SY-2. The van der Waals surface area contributed by atoms with Gasteiger partial charge in [0.25, 0.3) is 0 Å². The Balaban J connectivity index is -0.000000934. The third-order valence-electron chi connectivity index (χ3n) is 5.94. The number of hydrogen-bond acceptors (Lipinski definition) is 6. The van der Waals surface area contributed by atoms with Crippen LogP contribution in [0.3, 0.4) is 0 Å². The first-order valence-corrected chi connectivity index (χ1v) is 14.1. The summed E-state index contributed by atoms with van der Waals surface area (Å²) >= 11 is 1.62. The van der Waals surface area contributed by atoms with E-state index in [1.165, 1.54) is 17.4 Å². The van der Waals surface area contributed by atoms with E-state index in [-0.39, 0.29) is 65.3 Å². The minimum atomic E-state index is -0.685. The van der Waals surface area contributed by atoms with E-state index in [9.17, 15) is 14.4 Å². The minimum absolute atomic E-state index is 0.